The zero-order valence-electron chi connectivity index (χ0n) is 11.7. The van der Waals surface area contributed by atoms with Crippen molar-refractivity contribution < 1.29 is 9.13 Å². The van der Waals surface area contributed by atoms with Crippen molar-refractivity contribution in [1.29, 1.82) is 5.26 Å². The molecule has 3 heteroatoms. The number of para-hydroxylation sites is 1. The highest BCUT2D eigenvalue weighted by molar-refractivity contribution is 5.65. The number of hydrogen-bond donors (Lipinski definition) is 0. The van der Waals surface area contributed by atoms with Crippen LogP contribution in [0.15, 0.2) is 72.8 Å². The third kappa shape index (κ3) is 2.97. The lowest BCUT2D eigenvalue weighted by Crippen LogP contribution is -1.87. The van der Waals surface area contributed by atoms with Gasteiger partial charge in [0.2, 0.25) is 0 Å². The Hall–Kier alpha value is -3.12. The van der Waals surface area contributed by atoms with Crippen LogP contribution in [-0.4, -0.2) is 0 Å². The van der Waals surface area contributed by atoms with Crippen LogP contribution in [-0.2, 0) is 0 Å². The SMILES string of the molecule is N#Cc1ccc(-c2ccc(Oc3ccccc3)cc2)cc1F. The third-order valence-corrected chi connectivity index (χ3v) is 3.26. The molecule has 22 heavy (non-hydrogen) atoms. The molecule has 0 amide bonds. The third-order valence-electron chi connectivity index (χ3n) is 3.26. The first-order chi connectivity index (χ1) is 10.8. The van der Waals surface area contributed by atoms with Gasteiger partial charge in [-0.15, -0.1) is 0 Å². The van der Waals surface area contributed by atoms with Crippen molar-refractivity contribution in [2.75, 3.05) is 0 Å². The van der Waals surface area contributed by atoms with Gasteiger partial charge in [0.15, 0.2) is 0 Å². The number of hydrogen-bond acceptors (Lipinski definition) is 2. The molecule has 106 valence electrons. The normalized spacial score (nSPS) is 10.0. The second kappa shape index (κ2) is 6.11. The van der Waals surface area contributed by atoms with Crippen LogP contribution in [0.25, 0.3) is 11.1 Å². The molecule has 3 aromatic rings. The smallest absolute Gasteiger partial charge is 0.141 e. The lowest BCUT2D eigenvalue weighted by Gasteiger charge is -2.07. The van der Waals surface area contributed by atoms with Crippen LogP contribution in [0.1, 0.15) is 5.56 Å². The fourth-order valence-electron chi connectivity index (χ4n) is 2.13. The average Bonchev–Trinajstić information content (AvgIpc) is 2.56. The van der Waals surface area contributed by atoms with Crippen LogP contribution in [0.3, 0.4) is 0 Å². The monoisotopic (exact) mass is 289 g/mol. The number of halogens is 1. The van der Waals surface area contributed by atoms with Gasteiger partial charge in [0.05, 0.1) is 5.56 Å². The minimum atomic E-state index is -0.510. The van der Waals surface area contributed by atoms with Gasteiger partial charge in [-0.05, 0) is 47.5 Å². The van der Waals surface area contributed by atoms with Crippen molar-refractivity contribution in [3.8, 4) is 28.7 Å². The van der Waals surface area contributed by atoms with E-state index in [1.165, 1.54) is 12.1 Å². The summed E-state index contributed by atoms with van der Waals surface area (Å²) in [5, 5.41) is 8.75. The molecule has 3 aromatic carbocycles. The van der Waals surface area contributed by atoms with Gasteiger partial charge in [0, 0.05) is 0 Å². The Morgan fingerprint density at radius 3 is 2.05 bits per heavy atom. The van der Waals surface area contributed by atoms with E-state index in [2.05, 4.69) is 0 Å². The second-order valence-corrected chi connectivity index (χ2v) is 4.75. The number of rotatable bonds is 3. The zero-order chi connectivity index (χ0) is 15.4. The minimum Gasteiger partial charge on any atom is -0.457 e. The summed E-state index contributed by atoms with van der Waals surface area (Å²) in [6, 6.07) is 23.3. The quantitative estimate of drug-likeness (QED) is 0.667. The van der Waals surface area contributed by atoms with Crippen LogP contribution < -0.4 is 4.74 Å². The molecule has 0 N–H and O–H groups in total. The number of nitrogens with zero attached hydrogens (tertiary/aromatic N) is 1. The summed E-state index contributed by atoms with van der Waals surface area (Å²) in [5.41, 5.74) is 1.64. The molecule has 0 heterocycles. The highest BCUT2D eigenvalue weighted by Gasteiger charge is 2.05. The van der Waals surface area contributed by atoms with Crippen molar-refractivity contribution in [2.45, 2.75) is 0 Å². The van der Waals surface area contributed by atoms with Crippen molar-refractivity contribution in [3.05, 3.63) is 84.2 Å². The molecule has 0 aliphatic heterocycles. The lowest BCUT2D eigenvalue weighted by atomic mass is 10.0. The van der Waals surface area contributed by atoms with E-state index in [-0.39, 0.29) is 5.56 Å². The highest BCUT2D eigenvalue weighted by atomic mass is 19.1. The van der Waals surface area contributed by atoms with Gasteiger partial charge < -0.3 is 4.74 Å². The summed E-state index contributed by atoms with van der Waals surface area (Å²) in [4.78, 5) is 0. The van der Waals surface area contributed by atoms with E-state index in [4.69, 9.17) is 10.00 Å². The van der Waals surface area contributed by atoms with Gasteiger partial charge in [0.1, 0.15) is 23.4 Å². The van der Waals surface area contributed by atoms with E-state index in [1.807, 2.05) is 60.7 Å². The van der Waals surface area contributed by atoms with Crippen LogP contribution in [0.2, 0.25) is 0 Å². The topological polar surface area (TPSA) is 33.0 Å². The Morgan fingerprint density at radius 1 is 0.773 bits per heavy atom. The first kappa shape index (κ1) is 13.8. The van der Waals surface area contributed by atoms with Crippen molar-refractivity contribution in [1.82, 2.24) is 0 Å². The molecule has 0 radical (unpaired) electrons. The molecule has 3 rings (SSSR count). The fourth-order valence-corrected chi connectivity index (χ4v) is 2.13. The molecule has 0 aliphatic rings. The maximum absolute atomic E-state index is 13.7. The number of ether oxygens (including phenoxy) is 1. The summed E-state index contributed by atoms with van der Waals surface area (Å²) >= 11 is 0. The van der Waals surface area contributed by atoms with E-state index < -0.39 is 5.82 Å². The largest absolute Gasteiger partial charge is 0.457 e. The van der Waals surface area contributed by atoms with Crippen LogP contribution in [0.5, 0.6) is 11.5 Å². The first-order valence-corrected chi connectivity index (χ1v) is 6.79. The Bertz CT molecular complexity index is 820. The Morgan fingerprint density at radius 2 is 1.41 bits per heavy atom. The molecular weight excluding hydrogens is 277 g/mol. The molecule has 2 nitrogen and oxygen atoms in total. The molecule has 0 bridgehead atoms. The van der Waals surface area contributed by atoms with Gasteiger partial charge in [0.25, 0.3) is 0 Å². The number of nitriles is 1. The molecule has 0 aromatic heterocycles. The van der Waals surface area contributed by atoms with Gasteiger partial charge >= 0.3 is 0 Å². The summed E-state index contributed by atoms with van der Waals surface area (Å²) < 4.78 is 19.4. The van der Waals surface area contributed by atoms with E-state index in [1.54, 1.807) is 6.07 Å². The first-order valence-electron chi connectivity index (χ1n) is 6.79. The fraction of sp³-hybridized carbons (Fsp3) is 0. The summed E-state index contributed by atoms with van der Waals surface area (Å²) in [5.74, 6) is 0.966. The van der Waals surface area contributed by atoms with Crippen LogP contribution in [0, 0.1) is 17.1 Å². The van der Waals surface area contributed by atoms with Crippen LogP contribution in [0.4, 0.5) is 4.39 Å². The Labute approximate surface area is 128 Å². The maximum atomic E-state index is 13.7. The van der Waals surface area contributed by atoms with Gasteiger partial charge in [-0.25, -0.2) is 4.39 Å². The summed E-state index contributed by atoms with van der Waals surface area (Å²) in [6.07, 6.45) is 0. The molecule has 0 unspecified atom stereocenters. The maximum Gasteiger partial charge on any atom is 0.141 e. The van der Waals surface area contributed by atoms with Crippen molar-refractivity contribution in [3.63, 3.8) is 0 Å². The average molecular weight is 289 g/mol. The summed E-state index contributed by atoms with van der Waals surface area (Å²) in [7, 11) is 0. The minimum absolute atomic E-state index is 0.0489. The molecule has 0 saturated carbocycles. The van der Waals surface area contributed by atoms with E-state index in [9.17, 15) is 4.39 Å². The molecule has 0 fully saturated rings. The number of benzene rings is 3. The molecular formula is C19H12FNO. The standard InChI is InChI=1S/C19H12FNO/c20-19-12-15(6-7-16(19)13-21)14-8-10-18(11-9-14)22-17-4-2-1-3-5-17/h1-12H. The van der Waals surface area contributed by atoms with Crippen molar-refractivity contribution in [2.24, 2.45) is 0 Å². The zero-order valence-corrected chi connectivity index (χ0v) is 11.7. The van der Waals surface area contributed by atoms with Crippen LogP contribution >= 0.6 is 0 Å². The lowest BCUT2D eigenvalue weighted by molar-refractivity contribution is 0.483. The van der Waals surface area contributed by atoms with E-state index in [0.29, 0.717) is 5.75 Å². The molecule has 0 aliphatic carbocycles. The Kier molecular flexibility index (Phi) is 3.84. The second-order valence-electron chi connectivity index (χ2n) is 4.75. The summed E-state index contributed by atoms with van der Waals surface area (Å²) in [6.45, 7) is 0. The predicted molar refractivity (Wildman–Crippen MR) is 83.1 cm³/mol. The molecule has 0 spiro atoms. The van der Waals surface area contributed by atoms with Gasteiger partial charge in [-0.3, -0.25) is 0 Å². The predicted octanol–water partition coefficient (Wildman–Crippen LogP) is 5.16. The highest BCUT2D eigenvalue weighted by Crippen LogP contribution is 2.26. The molecule has 0 saturated heterocycles. The van der Waals surface area contributed by atoms with Gasteiger partial charge in [-0.1, -0.05) is 36.4 Å². The van der Waals surface area contributed by atoms with Crippen molar-refractivity contribution >= 4 is 0 Å². The van der Waals surface area contributed by atoms with E-state index >= 15 is 0 Å². The Balaban J connectivity index is 1.82. The van der Waals surface area contributed by atoms with Gasteiger partial charge in [-0.2, -0.15) is 5.26 Å². The van der Waals surface area contributed by atoms with E-state index in [0.717, 1.165) is 16.9 Å². The molecule has 0 atom stereocenters.